The summed E-state index contributed by atoms with van der Waals surface area (Å²) in [6.07, 6.45) is 1.96. The van der Waals surface area contributed by atoms with Crippen LogP contribution in [0.15, 0.2) is 72.8 Å². The summed E-state index contributed by atoms with van der Waals surface area (Å²) in [6, 6.07) is 23.0. The molecule has 0 atom stereocenters. The molecule has 0 radical (unpaired) electrons. The molecule has 4 rings (SSSR count). The van der Waals surface area contributed by atoms with Crippen LogP contribution < -0.4 is 10.2 Å². The third-order valence-corrected chi connectivity index (χ3v) is 5.32. The smallest absolute Gasteiger partial charge is 0.258 e. The highest BCUT2D eigenvalue weighted by atomic mass is 16.2. The Morgan fingerprint density at radius 1 is 0.897 bits per heavy atom. The summed E-state index contributed by atoms with van der Waals surface area (Å²) in [6.45, 7) is 3.23. The predicted octanol–water partition coefficient (Wildman–Crippen LogP) is 4.52. The van der Waals surface area contributed by atoms with Crippen LogP contribution in [0.3, 0.4) is 0 Å². The minimum atomic E-state index is -0.145. The third kappa shape index (κ3) is 4.21. The van der Waals surface area contributed by atoms with Gasteiger partial charge in [0.05, 0.1) is 0 Å². The van der Waals surface area contributed by atoms with Gasteiger partial charge in [-0.3, -0.25) is 9.59 Å². The molecule has 1 heterocycles. The lowest BCUT2D eigenvalue weighted by molar-refractivity contribution is 0.0947. The van der Waals surface area contributed by atoms with E-state index in [1.54, 1.807) is 24.3 Å². The number of carbonyl (C=O) groups excluding carboxylic acids is 2. The van der Waals surface area contributed by atoms with E-state index >= 15 is 0 Å². The Morgan fingerprint density at radius 2 is 1.59 bits per heavy atom. The zero-order valence-electron chi connectivity index (χ0n) is 16.5. The normalized spacial score (nSPS) is 12.9. The molecule has 4 nitrogen and oxygen atoms in total. The van der Waals surface area contributed by atoms with E-state index in [2.05, 4.69) is 11.4 Å². The maximum Gasteiger partial charge on any atom is 0.258 e. The van der Waals surface area contributed by atoms with E-state index in [1.165, 1.54) is 11.1 Å². The highest BCUT2D eigenvalue weighted by Crippen LogP contribution is 2.28. The maximum atomic E-state index is 13.0. The lowest BCUT2D eigenvalue weighted by Gasteiger charge is -2.29. The molecule has 1 aliphatic heterocycles. The largest absolute Gasteiger partial charge is 0.348 e. The van der Waals surface area contributed by atoms with Gasteiger partial charge in [0.25, 0.3) is 11.8 Å². The zero-order chi connectivity index (χ0) is 20.2. The standard InChI is InChI=1S/C25H24N2O2/c1-18-8-10-19(11-9-18)17-26-24(28)21-12-14-22(15-13-21)25(29)27-16-4-6-20-5-2-3-7-23(20)27/h2-3,5,7-15H,4,6,16-17H2,1H3,(H,26,28). The van der Waals surface area contributed by atoms with Gasteiger partial charge in [0.1, 0.15) is 0 Å². The van der Waals surface area contributed by atoms with Crippen LogP contribution in [0.4, 0.5) is 5.69 Å². The number of amides is 2. The maximum absolute atomic E-state index is 13.0. The zero-order valence-corrected chi connectivity index (χ0v) is 16.5. The Kier molecular flexibility index (Phi) is 5.43. The molecule has 1 N–H and O–H groups in total. The number of benzene rings is 3. The van der Waals surface area contributed by atoms with E-state index in [9.17, 15) is 9.59 Å². The second-order valence-corrected chi connectivity index (χ2v) is 7.43. The van der Waals surface area contributed by atoms with Crippen LogP contribution >= 0.6 is 0 Å². The molecule has 0 saturated heterocycles. The quantitative estimate of drug-likeness (QED) is 0.719. The lowest BCUT2D eigenvalue weighted by Crippen LogP contribution is -2.35. The molecule has 146 valence electrons. The number of hydrogen-bond acceptors (Lipinski definition) is 2. The molecule has 3 aromatic rings. The molecule has 0 bridgehead atoms. The summed E-state index contributed by atoms with van der Waals surface area (Å²) in [5.74, 6) is -0.170. The number of rotatable bonds is 4. The van der Waals surface area contributed by atoms with Gasteiger partial charge in [-0.25, -0.2) is 0 Å². The van der Waals surface area contributed by atoms with Gasteiger partial charge in [-0.15, -0.1) is 0 Å². The van der Waals surface area contributed by atoms with Gasteiger partial charge in [0.15, 0.2) is 0 Å². The number of nitrogens with zero attached hydrogens (tertiary/aromatic N) is 1. The summed E-state index contributed by atoms with van der Waals surface area (Å²) in [5.41, 5.74) is 5.59. The third-order valence-electron chi connectivity index (χ3n) is 5.32. The van der Waals surface area contributed by atoms with Crippen molar-refractivity contribution in [2.24, 2.45) is 0 Å². The molecule has 0 unspecified atom stereocenters. The number of carbonyl (C=O) groups is 2. The van der Waals surface area contributed by atoms with Crippen molar-refractivity contribution < 1.29 is 9.59 Å². The van der Waals surface area contributed by atoms with E-state index in [0.29, 0.717) is 24.2 Å². The van der Waals surface area contributed by atoms with Crippen molar-refractivity contribution in [2.45, 2.75) is 26.3 Å². The van der Waals surface area contributed by atoms with Crippen LogP contribution in [0, 0.1) is 6.92 Å². The molecule has 1 aliphatic rings. The van der Waals surface area contributed by atoms with Crippen molar-refractivity contribution in [3.63, 3.8) is 0 Å². The summed E-state index contributed by atoms with van der Waals surface area (Å²) in [7, 11) is 0. The summed E-state index contributed by atoms with van der Waals surface area (Å²) in [4.78, 5) is 27.3. The van der Waals surface area contributed by atoms with Gasteiger partial charge in [-0.1, -0.05) is 48.0 Å². The first kappa shape index (κ1) is 18.9. The number of nitrogens with one attached hydrogen (secondary N) is 1. The Labute approximate surface area is 171 Å². The van der Waals surface area contributed by atoms with E-state index in [-0.39, 0.29) is 11.8 Å². The van der Waals surface area contributed by atoms with Gasteiger partial charge in [0, 0.05) is 29.9 Å². The molecular formula is C25H24N2O2. The number of hydrogen-bond donors (Lipinski definition) is 1. The van der Waals surface area contributed by atoms with Crippen LogP contribution in [-0.2, 0) is 13.0 Å². The SMILES string of the molecule is Cc1ccc(CNC(=O)c2ccc(C(=O)N3CCCc4ccccc43)cc2)cc1. The lowest BCUT2D eigenvalue weighted by atomic mass is 10.0. The molecule has 29 heavy (non-hydrogen) atoms. The topological polar surface area (TPSA) is 49.4 Å². The van der Waals surface area contributed by atoms with Crippen LogP contribution in [0.5, 0.6) is 0 Å². The first-order valence-electron chi connectivity index (χ1n) is 9.95. The van der Waals surface area contributed by atoms with E-state index < -0.39 is 0 Å². The highest BCUT2D eigenvalue weighted by molar-refractivity contribution is 6.07. The fourth-order valence-electron chi connectivity index (χ4n) is 3.65. The van der Waals surface area contributed by atoms with Crippen molar-refractivity contribution in [1.29, 1.82) is 0 Å². The molecule has 0 saturated carbocycles. The second kappa shape index (κ2) is 8.31. The summed E-state index contributed by atoms with van der Waals surface area (Å²) >= 11 is 0. The fourth-order valence-corrected chi connectivity index (χ4v) is 3.65. The molecule has 3 aromatic carbocycles. The average molecular weight is 384 g/mol. The Bertz CT molecular complexity index is 1020. The molecule has 0 spiro atoms. The molecule has 0 aliphatic carbocycles. The molecular weight excluding hydrogens is 360 g/mol. The van der Waals surface area contributed by atoms with Crippen molar-refractivity contribution in [2.75, 3.05) is 11.4 Å². The number of para-hydroxylation sites is 1. The van der Waals surface area contributed by atoms with E-state index in [4.69, 9.17) is 0 Å². The molecule has 2 amide bonds. The summed E-state index contributed by atoms with van der Waals surface area (Å²) < 4.78 is 0. The molecule has 4 heteroatoms. The fraction of sp³-hybridized carbons (Fsp3) is 0.200. The van der Waals surface area contributed by atoms with Crippen molar-refractivity contribution in [3.8, 4) is 0 Å². The Hall–Kier alpha value is -3.40. The first-order chi connectivity index (χ1) is 14.1. The summed E-state index contributed by atoms with van der Waals surface area (Å²) in [5, 5.41) is 2.93. The van der Waals surface area contributed by atoms with Crippen molar-refractivity contribution >= 4 is 17.5 Å². The van der Waals surface area contributed by atoms with E-state index in [1.807, 2.05) is 54.3 Å². The predicted molar refractivity (Wildman–Crippen MR) is 115 cm³/mol. The Balaban J connectivity index is 1.43. The first-order valence-corrected chi connectivity index (χ1v) is 9.95. The minimum Gasteiger partial charge on any atom is -0.348 e. The number of aryl methyl sites for hydroxylation is 2. The minimum absolute atomic E-state index is 0.0243. The average Bonchev–Trinajstić information content (AvgIpc) is 2.78. The van der Waals surface area contributed by atoms with Gasteiger partial charge in [-0.05, 0) is 61.2 Å². The van der Waals surface area contributed by atoms with Crippen LogP contribution in [0.1, 0.15) is 43.8 Å². The number of anilines is 1. The van der Waals surface area contributed by atoms with Gasteiger partial charge in [-0.2, -0.15) is 0 Å². The van der Waals surface area contributed by atoms with Gasteiger partial charge >= 0.3 is 0 Å². The van der Waals surface area contributed by atoms with Gasteiger partial charge < -0.3 is 10.2 Å². The van der Waals surface area contributed by atoms with Crippen LogP contribution in [0.25, 0.3) is 0 Å². The molecule has 0 aromatic heterocycles. The second-order valence-electron chi connectivity index (χ2n) is 7.43. The highest BCUT2D eigenvalue weighted by Gasteiger charge is 2.23. The van der Waals surface area contributed by atoms with Gasteiger partial charge in [0.2, 0.25) is 0 Å². The number of fused-ring (bicyclic) bond motifs is 1. The Morgan fingerprint density at radius 3 is 2.34 bits per heavy atom. The van der Waals surface area contributed by atoms with Crippen LogP contribution in [-0.4, -0.2) is 18.4 Å². The molecule has 0 fully saturated rings. The monoisotopic (exact) mass is 384 g/mol. The van der Waals surface area contributed by atoms with E-state index in [0.717, 1.165) is 24.1 Å². The van der Waals surface area contributed by atoms with Crippen LogP contribution in [0.2, 0.25) is 0 Å². The van der Waals surface area contributed by atoms with Crippen molar-refractivity contribution in [1.82, 2.24) is 5.32 Å². The van der Waals surface area contributed by atoms with Crippen molar-refractivity contribution in [3.05, 3.63) is 101 Å².